The van der Waals surface area contributed by atoms with E-state index >= 15 is 0 Å². The predicted octanol–water partition coefficient (Wildman–Crippen LogP) is 4.67. The molecule has 2 nitrogen and oxygen atoms in total. The van der Waals surface area contributed by atoms with Gasteiger partial charge in [-0.2, -0.15) is 0 Å². The summed E-state index contributed by atoms with van der Waals surface area (Å²) in [4.78, 5) is 4.48. The number of hydrogen-bond acceptors (Lipinski definition) is 2. The van der Waals surface area contributed by atoms with E-state index in [1.54, 1.807) is 0 Å². The van der Waals surface area contributed by atoms with Crippen molar-refractivity contribution >= 4 is 14.5 Å². The Hall–Kier alpha value is -0.933. The van der Waals surface area contributed by atoms with Crippen LogP contribution in [0, 0.1) is 0 Å². The standard InChI is InChI=1S/C16H27NOSi/c1-14(18-19(5,6)16(2,3)4)12-17-13-15-10-8-7-9-11-15/h7-12,14H,13H2,1-6H3. The number of benzene rings is 1. The van der Waals surface area contributed by atoms with Crippen molar-refractivity contribution in [2.45, 2.75) is 58.5 Å². The van der Waals surface area contributed by atoms with Crippen LogP contribution in [-0.2, 0) is 11.0 Å². The SMILES string of the molecule is CC(C=NCc1ccccc1)O[Si](C)(C)C(C)(C)C. The molecule has 0 N–H and O–H groups in total. The van der Waals surface area contributed by atoms with Crippen LogP contribution < -0.4 is 0 Å². The molecule has 0 saturated carbocycles. The van der Waals surface area contributed by atoms with Gasteiger partial charge in [0.05, 0.1) is 12.6 Å². The molecular formula is C16H27NOSi. The molecule has 1 aromatic rings. The fraction of sp³-hybridized carbons (Fsp3) is 0.562. The summed E-state index contributed by atoms with van der Waals surface area (Å²) in [6.07, 6.45) is 2.03. The molecule has 0 spiro atoms. The summed E-state index contributed by atoms with van der Waals surface area (Å²) in [7, 11) is -1.69. The molecule has 1 aromatic carbocycles. The van der Waals surface area contributed by atoms with E-state index in [4.69, 9.17) is 4.43 Å². The summed E-state index contributed by atoms with van der Waals surface area (Å²) in [5.41, 5.74) is 1.23. The Bertz CT molecular complexity index is 407. The first kappa shape index (κ1) is 16.1. The van der Waals surface area contributed by atoms with Gasteiger partial charge in [-0.05, 0) is 30.6 Å². The van der Waals surface area contributed by atoms with Crippen LogP contribution in [0.1, 0.15) is 33.3 Å². The molecule has 0 amide bonds. The zero-order valence-electron chi connectivity index (χ0n) is 13.1. The number of aliphatic imine (C=N–C) groups is 1. The van der Waals surface area contributed by atoms with Gasteiger partial charge in [0, 0.05) is 6.21 Å². The van der Waals surface area contributed by atoms with Gasteiger partial charge in [0.25, 0.3) is 0 Å². The van der Waals surface area contributed by atoms with Gasteiger partial charge in [0.1, 0.15) is 0 Å². The van der Waals surface area contributed by atoms with Gasteiger partial charge < -0.3 is 4.43 Å². The Morgan fingerprint density at radius 3 is 2.32 bits per heavy atom. The first-order valence-corrected chi connectivity index (χ1v) is 9.85. The average Bonchev–Trinajstić information content (AvgIpc) is 2.28. The summed E-state index contributed by atoms with van der Waals surface area (Å²) in [5, 5.41) is 0.245. The van der Waals surface area contributed by atoms with Gasteiger partial charge in [-0.3, -0.25) is 4.99 Å². The Kier molecular flexibility index (Phi) is 5.50. The molecule has 0 heterocycles. The van der Waals surface area contributed by atoms with Crippen molar-refractivity contribution in [2.24, 2.45) is 4.99 Å². The average molecular weight is 277 g/mol. The molecule has 0 bridgehead atoms. The highest BCUT2D eigenvalue weighted by molar-refractivity contribution is 6.74. The van der Waals surface area contributed by atoms with Crippen molar-refractivity contribution in [1.82, 2.24) is 0 Å². The van der Waals surface area contributed by atoms with Crippen molar-refractivity contribution < 1.29 is 4.43 Å². The van der Waals surface area contributed by atoms with Crippen molar-refractivity contribution in [3.8, 4) is 0 Å². The summed E-state index contributed by atoms with van der Waals surface area (Å²) >= 11 is 0. The Morgan fingerprint density at radius 1 is 1.21 bits per heavy atom. The van der Waals surface area contributed by atoms with Crippen molar-refractivity contribution in [3.63, 3.8) is 0 Å². The van der Waals surface area contributed by atoms with Crippen LogP contribution in [0.15, 0.2) is 35.3 Å². The predicted molar refractivity (Wildman–Crippen MR) is 86.4 cm³/mol. The van der Waals surface area contributed by atoms with E-state index in [0.717, 1.165) is 6.54 Å². The number of nitrogens with zero attached hydrogens (tertiary/aromatic N) is 1. The molecule has 1 rings (SSSR count). The van der Waals surface area contributed by atoms with Crippen LogP contribution in [0.25, 0.3) is 0 Å². The molecule has 1 atom stereocenters. The van der Waals surface area contributed by atoms with Gasteiger partial charge in [0.15, 0.2) is 8.32 Å². The fourth-order valence-electron chi connectivity index (χ4n) is 1.56. The van der Waals surface area contributed by atoms with Crippen LogP contribution in [0.2, 0.25) is 18.1 Å². The highest BCUT2D eigenvalue weighted by Crippen LogP contribution is 2.37. The minimum absolute atomic E-state index is 0.0876. The fourth-order valence-corrected chi connectivity index (χ4v) is 2.91. The second-order valence-corrected chi connectivity index (χ2v) is 11.3. The first-order chi connectivity index (χ1) is 8.72. The molecule has 0 radical (unpaired) electrons. The Balaban J connectivity index is 2.50. The summed E-state index contributed by atoms with van der Waals surface area (Å²) in [5.74, 6) is 0. The first-order valence-electron chi connectivity index (χ1n) is 6.94. The lowest BCUT2D eigenvalue weighted by Crippen LogP contribution is -2.43. The minimum Gasteiger partial charge on any atom is -0.409 e. The van der Waals surface area contributed by atoms with Gasteiger partial charge in [-0.25, -0.2) is 0 Å². The lowest BCUT2D eigenvalue weighted by molar-refractivity contribution is 0.263. The maximum atomic E-state index is 6.23. The van der Waals surface area contributed by atoms with Crippen LogP contribution in [0.4, 0.5) is 0 Å². The lowest BCUT2D eigenvalue weighted by atomic mass is 10.2. The van der Waals surface area contributed by atoms with Crippen LogP contribution >= 0.6 is 0 Å². The third-order valence-electron chi connectivity index (χ3n) is 3.72. The normalized spacial score (nSPS) is 14.8. The van der Waals surface area contributed by atoms with E-state index in [-0.39, 0.29) is 11.1 Å². The Morgan fingerprint density at radius 2 is 1.79 bits per heavy atom. The molecule has 0 aromatic heterocycles. The molecule has 0 aliphatic carbocycles. The lowest BCUT2D eigenvalue weighted by Gasteiger charge is -2.37. The summed E-state index contributed by atoms with van der Waals surface area (Å²) in [6, 6.07) is 10.3. The van der Waals surface area contributed by atoms with E-state index in [0.29, 0.717) is 0 Å². The molecule has 0 aliphatic heterocycles. The van der Waals surface area contributed by atoms with Gasteiger partial charge in [0.2, 0.25) is 0 Å². The second kappa shape index (κ2) is 6.48. The smallest absolute Gasteiger partial charge is 0.192 e. The third kappa shape index (κ3) is 5.29. The highest BCUT2D eigenvalue weighted by Gasteiger charge is 2.38. The molecule has 19 heavy (non-hydrogen) atoms. The van der Waals surface area contributed by atoms with Crippen molar-refractivity contribution in [3.05, 3.63) is 35.9 Å². The van der Waals surface area contributed by atoms with E-state index in [1.807, 2.05) is 24.4 Å². The largest absolute Gasteiger partial charge is 0.409 e. The molecule has 0 fully saturated rings. The quantitative estimate of drug-likeness (QED) is 0.566. The molecule has 0 aliphatic rings. The summed E-state index contributed by atoms with van der Waals surface area (Å²) < 4.78 is 6.23. The van der Waals surface area contributed by atoms with Crippen molar-refractivity contribution in [1.29, 1.82) is 0 Å². The zero-order chi connectivity index (χ0) is 14.5. The molecule has 106 valence electrons. The number of hydrogen-bond donors (Lipinski definition) is 0. The highest BCUT2D eigenvalue weighted by atomic mass is 28.4. The third-order valence-corrected chi connectivity index (χ3v) is 8.29. The van der Waals surface area contributed by atoms with Crippen LogP contribution in [0.5, 0.6) is 0 Å². The van der Waals surface area contributed by atoms with E-state index < -0.39 is 8.32 Å². The van der Waals surface area contributed by atoms with E-state index in [2.05, 4.69) is 57.9 Å². The molecular weight excluding hydrogens is 250 g/mol. The molecule has 3 heteroatoms. The second-order valence-electron chi connectivity index (χ2n) is 6.56. The van der Waals surface area contributed by atoms with Crippen LogP contribution in [0.3, 0.4) is 0 Å². The topological polar surface area (TPSA) is 21.6 Å². The van der Waals surface area contributed by atoms with E-state index in [9.17, 15) is 0 Å². The monoisotopic (exact) mass is 277 g/mol. The summed E-state index contributed by atoms with van der Waals surface area (Å²) in [6.45, 7) is 14.1. The number of rotatable bonds is 5. The molecule has 1 unspecified atom stereocenters. The van der Waals surface area contributed by atoms with E-state index in [1.165, 1.54) is 5.56 Å². The van der Waals surface area contributed by atoms with Gasteiger partial charge >= 0.3 is 0 Å². The van der Waals surface area contributed by atoms with Gasteiger partial charge in [-0.1, -0.05) is 51.1 Å². The maximum absolute atomic E-state index is 6.23. The molecule has 0 saturated heterocycles. The Labute approximate surface area is 119 Å². The zero-order valence-corrected chi connectivity index (χ0v) is 14.1. The van der Waals surface area contributed by atoms with Crippen molar-refractivity contribution in [2.75, 3.05) is 0 Å². The van der Waals surface area contributed by atoms with Crippen LogP contribution in [-0.4, -0.2) is 20.6 Å². The van der Waals surface area contributed by atoms with Gasteiger partial charge in [-0.15, -0.1) is 0 Å². The minimum atomic E-state index is -1.69. The maximum Gasteiger partial charge on any atom is 0.192 e.